The summed E-state index contributed by atoms with van der Waals surface area (Å²) in [6.07, 6.45) is 1.26. The Morgan fingerprint density at radius 3 is 2.73 bits per heavy atom. The summed E-state index contributed by atoms with van der Waals surface area (Å²) in [6.45, 7) is 3.73. The first kappa shape index (κ1) is 7.84. The van der Waals surface area contributed by atoms with Gasteiger partial charge >= 0.3 is 0 Å². The molecule has 0 radical (unpaired) electrons. The molecule has 0 aromatic rings. The molecule has 0 unspecified atom stereocenters. The average Bonchev–Trinajstić information content (AvgIpc) is 2.32. The monoisotopic (exact) mass is 155 g/mol. The van der Waals surface area contributed by atoms with Gasteiger partial charge in [0.05, 0.1) is 0 Å². The lowest BCUT2D eigenvalue weighted by Crippen LogP contribution is -2.31. The largest absolute Gasteiger partial charge is 0.289 e. The summed E-state index contributed by atoms with van der Waals surface area (Å²) in [4.78, 5) is 9.97. The van der Waals surface area contributed by atoms with Crippen molar-refractivity contribution in [1.29, 1.82) is 0 Å². The maximum atomic E-state index is 10.3. The standard InChI is InChI=1S/C6H9N3O2/c1-4(2)6-5(9(10)11)3-7-8-6/h3-5H,1-2H3/t5-/m0/s1. The third kappa shape index (κ3) is 1.42. The van der Waals surface area contributed by atoms with Gasteiger partial charge in [0, 0.05) is 10.8 Å². The van der Waals surface area contributed by atoms with E-state index < -0.39 is 6.04 Å². The summed E-state index contributed by atoms with van der Waals surface area (Å²) in [6, 6.07) is -0.796. The van der Waals surface area contributed by atoms with Crippen molar-refractivity contribution < 1.29 is 4.92 Å². The van der Waals surface area contributed by atoms with Gasteiger partial charge in [-0.3, -0.25) is 10.1 Å². The Morgan fingerprint density at radius 1 is 1.73 bits per heavy atom. The van der Waals surface area contributed by atoms with E-state index in [2.05, 4.69) is 10.2 Å². The molecular formula is C6H9N3O2. The lowest BCUT2D eigenvalue weighted by molar-refractivity contribution is -0.483. The molecule has 0 spiro atoms. The Balaban J connectivity index is 2.77. The zero-order valence-corrected chi connectivity index (χ0v) is 6.39. The van der Waals surface area contributed by atoms with Crippen molar-refractivity contribution in [3.63, 3.8) is 0 Å². The molecule has 0 bridgehead atoms. The molecule has 5 heteroatoms. The highest BCUT2D eigenvalue weighted by Gasteiger charge is 2.30. The van der Waals surface area contributed by atoms with Crippen LogP contribution in [0.3, 0.4) is 0 Å². The van der Waals surface area contributed by atoms with Gasteiger partial charge in [0.15, 0.2) is 0 Å². The quantitative estimate of drug-likeness (QED) is 0.435. The van der Waals surface area contributed by atoms with Gasteiger partial charge in [-0.2, -0.15) is 10.2 Å². The highest BCUT2D eigenvalue weighted by molar-refractivity contribution is 6.04. The Labute approximate surface area is 64.0 Å². The van der Waals surface area contributed by atoms with Crippen LogP contribution < -0.4 is 0 Å². The first-order valence-electron chi connectivity index (χ1n) is 3.37. The molecule has 0 aliphatic carbocycles. The van der Waals surface area contributed by atoms with E-state index in [4.69, 9.17) is 0 Å². The van der Waals surface area contributed by atoms with Crippen molar-refractivity contribution in [3.05, 3.63) is 10.1 Å². The normalized spacial score (nSPS) is 22.5. The van der Waals surface area contributed by atoms with Gasteiger partial charge in [-0.25, -0.2) is 0 Å². The smallest absolute Gasteiger partial charge is 0.263 e. The summed E-state index contributed by atoms with van der Waals surface area (Å²) in [5.74, 6) is 0.0906. The fourth-order valence-corrected chi connectivity index (χ4v) is 0.918. The van der Waals surface area contributed by atoms with Crippen LogP contribution in [0.5, 0.6) is 0 Å². The molecule has 0 amide bonds. The number of hydrogen-bond donors (Lipinski definition) is 0. The topological polar surface area (TPSA) is 67.9 Å². The number of hydrogen-bond acceptors (Lipinski definition) is 4. The molecule has 1 atom stereocenters. The molecule has 1 aliphatic heterocycles. The molecule has 0 aromatic heterocycles. The van der Waals surface area contributed by atoms with Crippen LogP contribution in [-0.4, -0.2) is 22.9 Å². The molecule has 0 fully saturated rings. The first-order chi connectivity index (χ1) is 5.13. The van der Waals surface area contributed by atoms with E-state index in [1.54, 1.807) is 0 Å². The molecule has 0 N–H and O–H groups in total. The van der Waals surface area contributed by atoms with E-state index in [-0.39, 0.29) is 10.8 Å². The van der Waals surface area contributed by atoms with Crippen LogP contribution in [-0.2, 0) is 0 Å². The van der Waals surface area contributed by atoms with E-state index >= 15 is 0 Å². The van der Waals surface area contributed by atoms with Crippen LogP contribution in [0, 0.1) is 16.0 Å². The Hall–Kier alpha value is -1.26. The highest BCUT2D eigenvalue weighted by atomic mass is 16.6. The predicted octanol–water partition coefficient (Wildman–Crippen LogP) is 0.728. The number of nitrogens with zero attached hydrogens (tertiary/aromatic N) is 3. The molecule has 0 aromatic carbocycles. The summed E-state index contributed by atoms with van der Waals surface area (Å²) >= 11 is 0. The van der Waals surface area contributed by atoms with E-state index in [1.807, 2.05) is 13.8 Å². The van der Waals surface area contributed by atoms with E-state index in [0.29, 0.717) is 5.71 Å². The van der Waals surface area contributed by atoms with Crippen LogP contribution in [0.1, 0.15) is 13.8 Å². The van der Waals surface area contributed by atoms with Crippen LogP contribution in [0.4, 0.5) is 0 Å². The minimum Gasteiger partial charge on any atom is -0.263 e. The maximum absolute atomic E-state index is 10.3. The first-order valence-corrected chi connectivity index (χ1v) is 3.37. The van der Waals surface area contributed by atoms with Crippen LogP contribution in [0.15, 0.2) is 10.2 Å². The molecule has 11 heavy (non-hydrogen) atoms. The molecule has 0 saturated heterocycles. The van der Waals surface area contributed by atoms with Gasteiger partial charge in [0.2, 0.25) is 0 Å². The SMILES string of the molecule is CC(C)C1=NN=C[C@@H]1[N+](=O)[O-]. The van der Waals surface area contributed by atoms with Gasteiger partial charge in [-0.15, -0.1) is 0 Å². The molecule has 1 heterocycles. The van der Waals surface area contributed by atoms with E-state index in [9.17, 15) is 10.1 Å². The van der Waals surface area contributed by atoms with Crippen molar-refractivity contribution in [2.24, 2.45) is 16.1 Å². The summed E-state index contributed by atoms with van der Waals surface area (Å²) in [7, 11) is 0. The van der Waals surface area contributed by atoms with Gasteiger partial charge in [-0.05, 0) is 0 Å². The van der Waals surface area contributed by atoms with Gasteiger partial charge < -0.3 is 0 Å². The average molecular weight is 155 g/mol. The molecule has 1 rings (SSSR count). The number of rotatable bonds is 2. The van der Waals surface area contributed by atoms with Gasteiger partial charge in [-0.1, -0.05) is 13.8 Å². The van der Waals surface area contributed by atoms with Crippen LogP contribution >= 0.6 is 0 Å². The third-order valence-electron chi connectivity index (χ3n) is 1.50. The fraction of sp³-hybridized carbons (Fsp3) is 0.667. The van der Waals surface area contributed by atoms with Crippen LogP contribution in [0.25, 0.3) is 0 Å². The summed E-state index contributed by atoms with van der Waals surface area (Å²) in [5.41, 5.74) is 0.537. The van der Waals surface area contributed by atoms with Gasteiger partial charge in [0.25, 0.3) is 6.04 Å². The minimum absolute atomic E-state index is 0.0906. The lowest BCUT2D eigenvalue weighted by atomic mass is 10.0. The summed E-state index contributed by atoms with van der Waals surface area (Å²) < 4.78 is 0. The van der Waals surface area contributed by atoms with Crippen LogP contribution in [0.2, 0.25) is 0 Å². The van der Waals surface area contributed by atoms with Crippen molar-refractivity contribution in [2.45, 2.75) is 19.9 Å². The number of nitro groups is 1. The molecular weight excluding hydrogens is 146 g/mol. The Bertz CT molecular complexity index is 232. The maximum Gasteiger partial charge on any atom is 0.289 e. The minimum atomic E-state index is -0.796. The second-order valence-corrected chi connectivity index (χ2v) is 2.67. The Morgan fingerprint density at radius 2 is 2.36 bits per heavy atom. The fourth-order valence-electron chi connectivity index (χ4n) is 0.918. The molecule has 1 aliphatic rings. The summed E-state index contributed by atoms with van der Waals surface area (Å²) in [5, 5.41) is 17.5. The van der Waals surface area contributed by atoms with Gasteiger partial charge in [0.1, 0.15) is 11.9 Å². The molecule has 5 nitrogen and oxygen atoms in total. The van der Waals surface area contributed by atoms with Crippen molar-refractivity contribution in [2.75, 3.05) is 0 Å². The molecule has 0 saturated carbocycles. The zero-order valence-electron chi connectivity index (χ0n) is 6.39. The second kappa shape index (κ2) is 2.77. The zero-order chi connectivity index (χ0) is 8.43. The predicted molar refractivity (Wildman–Crippen MR) is 41.5 cm³/mol. The lowest BCUT2D eigenvalue weighted by Gasteiger charge is -2.04. The second-order valence-electron chi connectivity index (χ2n) is 2.67. The van der Waals surface area contributed by atoms with Crippen molar-refractivity contribution >= 4 is 11.9 Å². The van der Waals surface area contributed by atoms with Crippen molar-refractivity contribution in [1.82, 2.24) is 0 Å². The van der Waals surface area contributed by atoms with E-state index in [0.717, 1.165) is 0 Å². The van der Waals surface area contributed by atoms with Crippen molar-refractivity contribution in [3.8, 4) is 0 Å². The molecule has 60 valence electrons. The highest BCUT2D eigenvalue weighted by Crippen LogP contribution is 2.08. The van der Waals surface area contributed by atoms with E-state index in [1.165, 1.54) is 6.21 Å². The Kier molecular flexibility index (Phi) is 1.98. The third-order valence-corrected chi connectivity index (χ3v) is 1.50.